The maximum Gasteiger partial charge on any atom is 0.220 e. The minimum Gasteiger partial charge on any atom is -0.496 e. The van der Waals surface area contributed by atoms with Gasteiger partial charge >= 0.3 is 0 Å². The third kappa shape index (κ3) is 3.21. The highest BCUT2D eigenvalue weighted by Crippen LogP contribution is 2.31. The largest absolute Gasteiger partial charge is 0.496 e. The summed E-state index contributed by atoms with van der Waals surface area (Å²) in [5.41, 5.74) is 3.76. The Morgan fingerprint density at radius 1 is 1.31 bits per heavy atom. The number of hydrogen-bond acceptors (Lipinski definition) is 4. The number of amides is 1. The van der Waals surface area contributed by atoms with Crippen LogP contribution in [0, 0.1) is 0 Å². The van der Waals surface area contributed by atoms with Crippen molar-refractivity contribution in [2.75, 3.05) is 7.11 Å². The van der Waals surface area contributed by atoms with Crippen LogP contribution in [0.2, 0.25) is 0 Å². The molecule has 2 aromatic rings. The van der Waals surface area contributed by atoms with E-state index in [0.29, 0.717) is 12.5 Å². The van der Waals surface area contributed by atoms with Crippen molar-refractivity contribution in [3.05, 3.63) is 47.5 Å². The Balaban J connectivity index is 1.51. The predicted octanol–water partition coefficient (Wildman–Crippen LogP) is 1.90. The van der Waals surface area contributed by atoms with Crippen LogP contribution < -0.4 is 15.4 Å². The highest BCUT2D eigenvalue weighted by Gasteiger charge is 2.33. The SMILES string of the molecule is COc1cccc2c1CCC(N[C@@H]1CCC(=O)N[C@H]1c1cncn1C)C2. The molecule has 1 aromatic heterocycles. The molecule has 0 saturated carbocycles. The molecule has 0 radical (unpaired) electrons. The van der Waals surface area contributed by atoms with Gasteiger partial charge in [-0.15, -0.1) is 0 Å². The molecule has 0 bridgehead atoms. The van der Waals surface area contributed by atoms with Gasteiger partial charge in [0.2, 0.25) is 5.91 Å². The van der Waals surface area contributed by atoms with Gasteiger partial charge in [0.1, 0.15) is 5.75 Å². The molecule has 6 heteroatoms. The average molecular weight is 354 g/mol. The normalized spacial score (nSPS) is 25.5. The predicted molar refractivity (Wildman–Crippen MR) is 99.1 cm³/mol. The van der Waals surface area contributed by atoms with E-state index in [1.54, 1.807) is 13.4 Å². The van der Waals surface area contributed by atoms with Crippen LogP contribution in [-0.4, -0.2) is 34.7 Å². The molecular formula is C20H26N4O2. The van der Waals surface area contributed by atoms with Gasteiger partial charge in [0.25, 0.3) is 0 Å². The summed E-state index contributed by atoms with van der Waals surface area (Å²) in [6, 6.07) is 6.91. The van der Waals surface area contributed by atoms with Crippen molar-refractivity contribution in [3.8, 4) is 5.75 Å². The van der Waals surface area contributed by atoms with Crippen LogP contribution in [0.15, 0.2) is 30.7 Å². The number of aromatic nitrogens is 2. The molecule has 6 nitrogen and oxygen atoms in total. The number of benzene rings is 1. The van der Waals surface area contributed by atoms with Gasteiger partial charge in [-0.25, -0.2) is 4.98 Å². The minimum atomic E-state index is -0.0320. The monoisotopic (exact) mass is 354 g/mol. The number of aryl methyl sites for hydroxylation is 1. The zero-order valence-electron chi connectivity index (χ0n) is 15.4. The van der Waals surface area contributed by atoms with E-state index in [1.165, 1.54) is 11.1 Å². The van der Waals surface area contributed by atoms with Gasteiger partial charge in [0.15, 0.2) is 0 Å². The lowest BCUT2D eigenvalue weighted by Crippen LogP contribution is -2.52. The van der Waals surface area contributed by atoms with Gasteiger partial charge in [-0.1, -0.05) is 12.1 Å². The summed E-state index contributed by atoms with van der Waals surface area (Å²) in [6.07, 6.45) is 8.16. The van der Waals surface area contributed by atoms with Gasteiger partial charge in [-0.2, -0.15) is 0 Å². The van der Waals surface area contributed by atoms with Crippen molar-refractivity contribution in [3.63, 3.8) is 0 Å². The van der Waals surface area contributed by atoms with Crippen LogP contribution >= 0.6 is 0 Å². The number of imidazole rings is 1. The van der Waals surface area contributed by atoms with E-state index >= 15 is 0 Å². The Morgan fingerprint density at radius 2 is 2.19 bits per heavy atom. The fourth-order valence-electron chi connectivity index (χ4n) is 4.33. The molecule has 1 fully saturated rings. The molecule has 2 aliphatic rings. The molecule has 1 aliphatic heterocycles. The number of nitrogens with one attached hydrogen (secondary N) is 2. The van der Waals surface area contributed by atoms with E-state index in [2.05, 4.69) is 27.8 Å². The Kier molecular flexibility index (Phi) is 4.68. The minimum absolute atomic E-state index is 0.0320. The second-order valence-corrected chi connectivity index (χ2v) is 7.32. The lowest BCUT2D eigenvalue weighted by molar-refractivity contribution is -0.124. The number of carbonyl (C=O) groups is 1. The lowest BCUT2D eigenvalue weighted by Gasteiger charge is -2.37. The number of hydrogen-bond donors (Lipinski definition) is 2. The van der Waals surface area contributed by atoms with Crippen molar-refractivity contribution in [2.24, 2.45) is 7.05 Å². The molecule has 26 heavy (non-hydrogen) atoms. The smallest absolute Gasteiger partial charge is 0.220 e. The molecule has 1 saturated heterocycles. The molecular weight excluding hydrogens is 328 g/mol. The Bertz CT molecular complexity index is 801. The first kappa shape index (κ1) is 17.1. The zero-order chi connectivity index (χ0) is 18.1. The Morgan fingerprint density at radius 3 is 2.96 bits per heavy atom. The fraction of sp³-hybridized carbons (Fsp3) is 0.500. The third-order valence-corrected chi connectivity index (χ3v) is 5.68. The molecule has 0 spiro atoms. The highest BCUT2D eigenvalue weighted by molar-refractivity contribution is 5.77. The molecule has 1 aliphatic carbocycles. The van der Waals surface area contributed by atoms with E-state index in [4.69, 9.17) is 4.74 Å². The van der Waals surface area contributed by atoms with Crippen LogP contribution in [-0.2, 0) is 24.7 Å². The van der Waals surface area contributed by atoms with Crippen molar-refractivity contribution in [1.82, 2.24) is 20.2 Å². The van der Waals surface area contributed by atoms with Crippen LogP contribution in [0.1, 0.15) is 42.1 Å². The number of methoxy groups -OCH3 is 1. The summed E-state index contributed by atoms with van der Waals surface area (Å²) >= 11 is 0. The Labute approximate surface area is 154 Å². The average Bonchev–Trinajstić information content (AvgIpc) is 3.08. The van der Waals surface area contributed by atoms with Crippen molar-refractivity contribution in [2.45, 2.75) is 50.2 Å². The first-order valence-electron chi connectivity index (χ1n) is 9.32. The Hall–Kier alpha value is -2.34. The van der Waals surface area contributed by atoms with E-state index in [9.17, 15) is 4.79 Å². The molecule has 2 heterocycles. The number of piperidine rings is 1. The number of fused-ring (bicyclic) bond motifs is 1. The van der Waals surface area contributed by atoms with Gasteiger partial charge in [0, 0.05) is 25.6 Å². The van der Waals surface area contributed by atoms with Gasteiger partial charge < -0.3 is 19.9 Å². The van der Waals surface area contributed by atoms with E-state index in [0.717, 1.165) is 37.1 Å². The standard InChI is InChI=1S/C20H26N4O2/c1-24-12-21-11-17(24)20-16(8-9-19(25)23-20)22-14-6-7-15-13(10-14)4-3-5-18(15)26-2/h3-5,11-12,14,16,20,22H,6-10H2,1-2H3,(H,23,25)/t14?,16-,20-/m1/s1. The van der Waals surface area contributed by atoms with Gasteiger partial charge in [-0.3, -0.25) is 4.79 Å². The van der Waals surface area contributed by atoms with E-state index in [1.807, 2.05) is 23.9 Å². The maximum atomic E-state index is 12.0. The maximum absolute atomic E-state index is 12.0. The molecule has 4 rings (SSSR count). The zero-order valence-corrected chi connectivity index (χ0v) is 15.4. The molecule has 1 amide bonds. The van der Waals surface area contributed by atoms with E-state index < -0.39 is 0 Å². The second-order valence-electron chi connectivity index (χ2n) is 7.32. The van der Waals surface area contributed by atoms with Crippen LogP contribution in [0.5, 0.6) is 5.75 Å². The molecule has 1 aromatic carbocycles. The van der Waals surface area contributed by atoms with Crippen LogP contribution in [0.25, 0.3) is 0 Å². The van der Waals surface area contributed by atoms with Gasteiger partial charge in [-0.05, 0) is 42.9 Å². The fourth-order valence-corrected chi connectivity index (χ4v) is 4.33. The summed E-state index contributed by atoms with van der Waals surface area (Å²) in [7, 11) is 3.71. The van der Waals surface area contributed by atoms with Crippen molar-refractivity contribution >= 4 is 5.91 Å². The quantitative estimate of drug-likeness (QED) is 0.880. The topological polar surface area (TPSA) is 68.2 Å². The van der Waals surface area contributed by atoms with Crippen molar-refractivity contribution in [1.29, 1.82) is 0 Å². The lowest BCUT2D eigenvalue weighted by atomic mass is 9.86. The number of nitrogens with zero attached hydrogens (tertiary/aromatic N) is 2. The molecule has 2 N–H and O–H groups in total. The first-order chi connectivity index (χ1) is 12.7. The molecule has 1 unspecified atom stereocenters. The highest BCUT2D eigenvalue weighted by atomic mass is 16.5. The number of ether oxygens (including phenoxy) is 1. The number of carbonyl (C=O) groups excluding carboxylic acids is 1. The number of rotatable bonds is 4. The summed E-state index contributed by atoms with van der Waals surface area (Å²) in [5, 5.41) is 6.98. The van der Waals surface area contributed by atoms with E-state index in [-0.39, 0.29) is 18.0 Å². The summed E-state index contributed by atoms with van der Waals surface area (Å²) in [4.78, 5) is 16.2. The van der Waals surface area contributed by atoms with Crippen LogP contribution in [0.3, 0.4) is 0 Å². The summed E-state index contributed by atoms with van der Waals surface area (Å²) < 4.78 is 7.50. The van der Waals surface area contributed by atoms with Crippen molar-refractivity contribution < 1.29 is 9.53 Å². The molecule has 3 atom stereocenters. The van der Waals surface area contributed by atoms with Crippen LogP contribution in [0.4, 0.5) is 0 Å². The third-order valence-electron chi connectivity index (χ3n) is 5.68. The first-order valence-corrected chi connectivity index (χ1v) is 9.32. The molecule has 138 valence electrons. The summed E-state index contributed by atoms with van der Waals surface area (Å²) in [5.74, 6) is 1.12. The second kappa shape index (κ2) is 7.11. The summed E-state index contributed by atoms with van der Waals surface area (Å²) in [6.45, 7) is 0. The van der Waals surface area contributed by atoms with Gasteiger partial charge in [0.05, 0.1) is 31.4 Å².